The van der Waals surface area contributed by atoms with Gasteiger partial charge in [0.25, 0.3) is 0 Å². The molecule has 4 heteroatoms. The number of halogens is 1. The normalized spacial score (nSPS) is 20.3. The number of carbonyl (C=O) groups excluding carboxylic acids is 1. The van der Waals surface area contributed by atoms with Crippen LogP contribution >= 0.6 is 0 Å². The Labute approximate surface area is 94.3 Å². The zero-order chi connectivity index (χ0) is 11.7. The summed E-state index contributed by atoms with van der Waals surface area (Å²) in [7, 11) is 1.78. The number of amides is 1. The molecule has 86 valence electrons. The third-order valence-electron chi connectivity index (χ3n) is 2.81. The average Bonchev–Trinajstić information content (AvgIpc) is 2.48. The first-order valence-electron chi connectivity index (χ1n) is 5.35. The summed E-state index contributed by atoms with van der Waals surface area (Å²) in [5.74, 6) is -0.205. The molecule has 0 saturated carbocycles. The smallest absolute Gasteiger partial charge is 0.244 e. The highest BCUT2D eigenvalue weighted by molar-refractivity contribution is 5.86. The van der Waals surface area contributed by atoms with Gasteiger partial charge in [0.05, 0.1) is 0 Å². The first kappa shape index (κ1) is 10.9. The van der Waals surface area contributed by atoms with Gasteiger partial charge < -0.3 is 10.2 Å². The highest BCUT2D eigenvalue weighted by Gasteiger charge is 2.28. The van der Waals surface area contributed by atoms with E-state index in [0.29, 0.717) is 5.69 Å². The monoisotopic (exact) mass is 222 g/mol. The van der Waals surface area contributed by atoms with Crippen molar-refractivity contribution in [2.75, 3.05) is 18.9 Å². The van der Waals surface area contributed by atoms with Gasteiger partial charge in [0, 0.05) is 19.3 Å². The molecule has 1 aromatic rings. The van der Waals surface area contributed by atoms with E-state index in [-0.39, 0.29) is 17.8 Å². The molecule has 1 amide bonds. The van der Waals surface area contributed by atoms with Gasteiger partial charge in [-0.05, 0) is 37.1 Å². The van der Waals surface area contributed by atoms with E-state index < -0.39 is 0 Å². The number of nitrogens with zero attached hydrogens (tertiary/aromatic N) is 1. The molecule has 0 aromatic heterocycles. The van der Waals surface area contributed by atoms with E-state index in [1.165, 1.54) is 12.1 Å². The molecule has 16 heavy (non-hydrogen) atoms. The van der Waals surface area contributed by atoms with Gasteiger partial charge in [-0.1, -0.05) is 0 Å². The zero-order valence-corrected chi connectivity index (χ0v) is 9.46. The lowest BCUT2D eigenvalue weighted by atomic mass is 10.2. The quantitative estimate of drug-likeness (QED) is 0.827. The number of benzene rings is 1. The molecule has 1 aliphatic heterocycles. The van der Waals surface area contributed by atoms with Crippen LogP contribution in [-0.4, -0.2) is 30.4 Å². The number of hydrogen-bond donors (Lipinski definition) is 1. The number of carbonyl (C=O) groups is 1. The van der Waals surface area contributed by atoms with Crippen LogP contribution < -0.4 is 5.32 Å². The minimum absolute atomic E-state index is 0.0712. The van der Waals surface area contributed by atoms with Crippen molar-refractivity contribution in [1.29, 1.82) is 0 Å². The largest absolute Gasteiger partial charge is 0.374 e. The van der Waals surface area contributed by atoms with E-state index in [9.17, 15) is 9.18 Å². The summed E-state index contributed by atoms with van der Waals surface area (Å²) >= 11 is 0. The summed E-state index contributed by atoms with van der Waals surface area (Å²) < 4.78 is 13.1. The van der Waals surface area contributed by atoms with Crippen molar-refractivity contribution in [3.8, 4) is 0 Å². The number of rotatable bonds is 2. The lowest BCUT2D eigenvalue weighted by molar-refractivity contribution is -0.127. The van der Waals surface area contributed by atoms with Crippen molar-refractivity contribution < 1.29 is 9.18 Å². The maximum absolute atomic E-state index is 13.1. The molecule has 1 N–H and O–H groups in total. The van der Waals surface area contributed by atoms with Crippen LogP contribution in [0.1, 0.15) is 12.0 Å². The number of hydrogen-bond acceptors (Lipinski definition) is 2. The number of anilines is 1. The number of aryl methyl sites for hydroxylation is 1. The number of likely N-dealkylation sites (tertiary alicyclic amines) is 1. The molecule has 0 spiro atoms. The highest BCUT2D eigenvalue weighted by atomic mass is 19.1. The van der Waals surface area contributed by atoms with E-state index in [4.69, 9.17) is 0 Å². The minimum Gasteiger partial charge on any atom is -0.374 e. The van der Waals surface area contributed by atoms with Gasteiger partial charge >= 0.3 is 0 Å². The second-order valence-corrected chi connectivity index (χ2v) is 4.26. The van der Waals surface area contributed by atoms with Crippen LogP contribution in [0.25, 0.3) is 0 Å². The lowest BCUT2D eigenvalue weighted by Crippen LogP contribution is -2.30. The average molecular weight is 222 g/mol. The fraction of sp³-hybridized carbons (Fsp3) is 0.417. The van der Waals surface area contributed by atoms with Gasteiger partial charge in [-0.15, -0.1) is 0 Å². The summed E-state index contributed by atoms with van der Waals surface area (Å²) in [4.78, 5) is 13.3. The summed E-state index contributed by atoms with van der Waals surface area (Å²) in [6, 6.07) is 4.51. The molecule has 3 nitrogen and oxygen atoms in total. The first-order valence-corrected chi connectivity index (χ1v) is 5.35. The van der Waals surface area contributed by atoms with Crippen molar-refractivity contribution >= 4 is 11.6 Å². The van der Waals surface area contributed by atoms with Gasteiger partial charge in [-0.25, -0.2) is 4.39 Å². The Hall–Kier alpha value is -1.58. The Morgan fingerprint density at radius 3 is 2.75 bits per heavy atom. The van der Waals surface area contributed by atoms with Crippen molar-refractivity contribution in [3.63, 3.8) is 0 Å². The van der Waals surface area contributed by atoms with Crippen molar-refractivity contribution in [1.82, 2.24) is 4.90 Å². The van der Waals surface area contributed by atoms with Gasteiger partial charge in [-0.3, -0.25) is 4.79 Å². The number of nitrogens with one attached hydrogen (secondary N) is 1. The van der Waals surface area contributed by atoms with Crippen LogP contribution in [0.2, 0.25) is 0 Å². The second kappa shape index (κ2) is 4.12. The van der Waals surface area contributed by atoms with Crippen LogP contribution in [0.3, 0.4) is 0 Å². The summed E-state index contributed by atoms with van der Waals surface area (Å²) in [5.41, 5.74) is 1.52. The molecule has 2 rings (SSSR count). The van der Waals surface area contributed by atoms with Crippen molar-refractivity contribution in [3.05, 3.63) is 29.6 Å². The molecule has 1 unspecified atom stereocenters. The van der Waals surface area contributed by atoms with Crippen molar-refractivity contribution in [2.24, 2.45) is 0 Å². The summed E-state index contributed by atoms with van der Waals surface area (Å²) in [6.07, 6.45) is 0.769. The third kappa shape index (κ3) is 2.15. The number of likely N-dealkylation sites (N-methyl/N-ethyl adjacent to an activating group) is 1. The molecule has 1 aliphatic rings. The molecular formula is C12H15FN2O. The van der Waals surface area contributed by atoms with Gasteiger partial charge in [0.2, 0.25) is 5.91 Å². The molecule has 0 radical (unpaired) electrons. The maximum Gasteiger partial charge on any atom is 0.244 e. The third-order valence-corrected chi connectivity index (χ3v) is 2.81. The Bertz CT molecular complexity index is 399. The molecule has 1 atom stereocenters. The molecule has 1 aromatic carbocycles. The van der Waals surface area contributed by atoms with E-state index in [1.807, 2.05) is 13.0 Å². The van der Waals surface area contributed by atoms with E-state index in [2.05, 4.69) is 5.32 Å². The van der Waals surface area contributed by atoms with Gasteiger partial charge in [-0.2, -0.15) is 0 Å². The fourth-order valence-electron chi connectivity index (χ4n) is 1.98. The summed E-state index contributed by atoms with van der Waals surface area (Å²) in [6.45, 7) is 2.58. The van der Waals surface area contributed by atoms with Crippen LogP contribution in [-0.2, 0) is 4.79 Å². The zero-order valence-electron chi connectivity index (χ0n) is 9.46. The van der Waals surface area contributed by atoms with Crippen LogP contribution in [0.4, 0.5) is 10.1 Å². The van der Waals surface area contributed by atoms with E-state index in [1.54, 1.807) is 11.9 Å². The standard InChI is InChI=1S/C12H15FN2O/c1-8-5-9(13)7-10(6-8)14-11-3-4-15(2)12(11)16/h5-7,11,14H,3-4H2,1-2H3. The van der Waals surface area contributed by atoms with Gasteiger partial charge in [0.1, 0.15) is 11.9 Å². The molecule has 1 heterocycles. The topological polar surface area (TPSA) is 32.3 Å². The van der Waals surface area contributed by atoms with Crippen molar-refractivity contribution in [2.45, 2.75) is 19.4 Å². The Morgan fingerprint density at radius 2 is 2.19 bits per heavy atom. The predicted molar refractivity (Wildman–Crippen MR) is 60.8 cm³/mol. The first-order chi connectivity index (χ1) is 7.56. The molecule has 1 saturated heterocycles. The minimum atomic E-state index is -0.277. The van der Waals surface area contributed by atoms with E-state index in [0.717, 1.165) is 18.5 Å². The van der Waals surface area contributed by atoms with E-state index >= 15 is 0 Å². The van der Waals surface area contributed by atoms with Crippen LogP contribution in [0.5, 0.6) is 0 Å². The summed E-state index contributed by atoms with van der Waals surface area (Å²) in [5, 5.41) is 3.07. The Kier molecular flexibility index (Phi) is 2.81. The predicted octanol–water partition coefficient (Wildman–Crippen LogP) is 1.78. The lowest BCUT2D eigenvalue weighted by Gasteiger charge is -2.14. The SMILES string of the molecule is Cc1cc(F)cc(NC2CCN(C)C2=O)c1. The molecule has 1 fully saturated rings. The van der Waals surface area contributed by atoms with Crippen LogP contribution in [0, 0.1) is 12.7 Å². The maximum atomic E-state index is 13.1. The molecule has 0 aliphatic carbocycles. The molecule has 0 bridgehead atoms. The Morgan fingerprint density at radius 1 is 1.44 bits per heavy atom. The second-order valence-electron chi connectivity index (χ2n) is 4.26. The van der Waals surface area contributed by atoms with Gasteiger partial charge in [0.15, 0.2) is 0 Å². The fourth-order valence-corrected chi connectivity index (χ4v) is 1.98. The van der Waals surface area contributed by atoms with Crippen LogP contribution in [0.15, 0.2) is 18.2 Å². The highest BCUT2D eigenvalue weighted by Crippen LogP contribution is 2.18. The Balaban J connectivity index is 2.12. The molecular weight excluding hydrogens is 207 g/mol.